The quantitative estimate of drug-likeness (QED) is 0.868. The SMILES string of the molecule is CC1CN(C(=O)c2ccccc2)CCN1Cc1ccccc1. The van der Waals surface area contributed by atoms with Gasteiger partial charge in [0.15, 0.2) is 0 Å². The molecule has 1 aliphatic heterocycles. The molecule has 2 aromatic rings. The monoisotopic (exact) mass is 294 g/mol. The van der Waals surface area contributed by atoms with Gasteiger partial charge in [-0.3, -0.25) is 9.69 Å². The van der Waals surface area contributed by atoms with Crippen LogP contribution in [0.5, 0.6) is 0 Å². The van der Waals surface area contributed by atoms with E-state index in [-0.39, 0.29) is 5.91 Å². The fraction of sp³-hybridized carbons (Fsp3) is 0.316. The number of amides is 1. The molecule has 0 N–H and O–H groups in total. The molecule has 1 aliphatic rings. The van der Waals surface area contributed by atoms with E-state index in [2.05, 4.69) is 36.1 Å². The molecule has 0 aliphatic carbocycles. The van der Waals surface area contributed by atoms with Crippen LogP contribution < -0.4 is 0 Å². The van der Waals surface area contributed by atoms with Crippen LogP contribution in [-0.4, -0.2) is 41.4 Å². The van der Waals surface area contributed by atoms with Crippen molar-refractivity contribution in [2.24, 2.45) is 0 Å². The lowest BCUT2D eigenvalue weighted by Crippen LogP contribution is -2.53. The van der Waals surface area contributed by atoms with Crippen LogP contribution in [0.25, 0.3) is 0 Å². The molecule has 0 bridgehead atoms. The maximum atomic E-state index is 12.5. The van der Waals surface area contributed by atoms with Crippen molar-refractivity contribution in [1.29, 1.82) is 0 Å². The molecule has 0 aromatic heterocycles. The molecule has 1 fully saturated rings. The molecule has 1 saturated heterocycles. The number of hydrogen-bond acceptors (Lipinski definition) is 2. The van der Waals surface area contributed by atoms with E-state index < -0.39 is 0 Å². The summed E-state index contributed by atoms with van der Waals surface area (Å²) < 4.78 is 0. The molecule has 1 unspecified atom stereocenters. The molecule has 1 amide bonds. The Morgan fingerprint density at radius 2 is 1.64 bits per heavy atom. The van der Waals surface area contributed by atoms with Crippen molar-refractivity contribution < 1.29 is 4.79 Å². The first kappa shape index (κ1) is 14.8. The third-order valence-corrected chi connectivity index (χ3v) is 4.30. The molecule has 1 atom stereocenters. The summed E-state index contributed by atoms with van der Waals surface area (Å²) in [5.74, 6) is 0.145. The van der Waals surface area contributed by atoms with Crippen LogP contribution in [0.3, 0.4) is 0 Å². The molecule has 0 radical (unpaired) electrons. The van der Waals surface area contributed by atoms with E-state index in [0.717, 1.165) is 31.7 Å². The van der Waals surface area contributed by atoms with Crippen LogP contribution in [0.1, 0.15) is 22.8 Å². The van der Waals surface area contributed by atoms with Crippen molar-refractivity contribution in [1.82, 2.24) is 9.80 Å². The Balaban J connectivity index is 1.61. The van der Waals surface area contributed by atoms with E-state index in [9.17, 15) is 4.79 Å². The first-order chi connectivity index (χ1) is 10.7. The molecular formula is C19H22N2O. The van der Waals surface area contributed by atoms with E-state index in [0.29, 0.717) is 6.04 Å². The van der Waals surface area contributed by atoms with Gasteiger partial charge in [0.1, 0.15) is 0 Å². The minimum absolute atomic E-state index is 0.145. The summed E-state index contributed by atoms with van der Waals surface area (Å²) in [6.07, 6.45) is 0. The smallest absolute Gasteiger partial charge is 0.253 e. The standard InChI is InChI=1S/C19H22N2O/c1-16-14-21(19(22)18-10-6-3-7-11-18)13-12-20(16)15-17-8-4-2-5-9-17/h2-11,16H,12-15H2,1H3. The van der Waals surface area contributed by atoms with Crippen molar-refractivity contribution >= 4 is 5.91 Å². The summed E-state index contributed by atoms with van der Waals surface area (Å²) >= 11 is 0. The first-order valence-corrected chi connectivity index (χ1v) is 7.86. The van der Waals surface area contributed by atoms with Crippen molar-refractivity contribution in [3.05, 3.63) is 71.8 Å². The van der Waals surface area contributed by atoms with Crippen LogP contribution in [0.15, 0.2) is 60.7 Å². The highest BCUT2D eigenvalue weighted by atomic mass is 16.2. The minimum atomic E-state index is 0.145. The lowest BCUT2D eigenvalue weighted by molar-refractivity contribution is 0.0495. The van der Waals surface area contributed by atoms with E-state index in [4.69, 9.17) is 0 Å². The Hall–Kier alpha value is -2.13. The molecule has 1 heterocycles. The summed E-state index contributed by atoms with van der Waals surface area (Å²) in [5, 5.41) is 0. The Labute approximate surface area is 132 Å². The van der Waals surface area contributed by atoms with Gasteiger partial charge in [-0.1, -0.05) is 48.5 Å². The number of carbonyl (C=O) groups is 1. The molecular weight excluding hydrogens is 272 g/mol. The van der Waals surface area contributed by atoms with Crippen LogP contribution in [0.4, 0.5) is 0 Å². The maximum Gasteiger partial charge on any atom is 0.253 e. The zero-order valence-electron chi connectivity index (χ0n) is 13.0. The highest BCUT2D eigenvalue weighted by Crippen LogP contribution is 2.16. The number of benzene rings is 2. The van der Waals surface area contributed by atoms with Crippen LogP contribution in [-0.2, 0) is 6.54 Å². The Bertz CT molecular complexity index is 612. The Morgan fingerprint density at radius 3 is 2.27 bits per heavy atom. The minimum Gasteiger partial charge on any atom is -0.336 e. The fourth-order valence-electron chi connectivity index (χ4n) is 3.00. The second-order valence-corrected chi connectivity index (χ2v) is 5.92. The highest BCUT2D eigenvalue weighted by molar-refractivity contribution is 5.94. The fourth-order valence-corrected chi connectivity index (χ4v) is 3.00. The van der Waals surface area contributed by atoms with Gasteiger partial charge >= 0.3 is 0 Å². The van der Waals surface area contributed by atoms with Gasteiger partial charge in [-0.25, -0.2) is 0 Å². The third kappa shape index (κ3) is 3.37. The first-order valence-electron chi connectivity index (χ1n) is 7.86. The molecule has 22 heavy (non-hydrogen) atoms. The summed E-state index contributed by atoms with van der Waals surface area (Å²) in [6.45, 7) is 5.67. The lowest BCUT2D eigenvalue weighted by Gasteiger charge is -2.40. The van der Waals surface area contributed by atoms with Gasteiger partial charge < -0.3 is 4.90 Å². The number of piperazine rings is 1. The van der Waals surface area contributed by atoms with Gasteiger partial charge in [-0.05, 0) is 24.6 Å². The zero-order chi connectivity index (χ0) is 15.4. The molecule has 114 valence electrons. The highest BCUT2D eigenvalue weighted by Gasteiger charge is 2.27. The van der Waals surface area contributed by atoms with Gasteiger partial charge in [0.2, 0.25) is 0 Å². The molecule has 3 nitrogen and oxygen atoms in total. The van der Waals surface area contributed by atoms with Crippen molar-refractivity contribution in [3.8, 4) is 0 Å². The largest absolute Gasteiger partial charge is 0.336 e. The van der Waals surface area contributed by atoms with Gasteiger partial charge in [-0.2, -0.15) is 0 Å². The molecule has 0 spiro atoms. The summed E-state index contributed by atoms with van der Waals surface area (Å²) in [6, 6.07) is 20.5. The Kier molecular flexibility index (Phi) is 4.54. The second-order valence-electron chi connectivity index (χ2n) is 5.92. The average molecular weight is 294 g/mol. The molecule has 3 heteroatoms. The van der Waals surface area contributed by atoms with Crippen molar-refractivity contribution in [3.63, 3.8) is 0 Å². The number of carbonyl (C=O) groups excluding carboxylic acids is 1. The molecule has 3 rings (SSSR count). The normalized spacial score (nSPS) is 19.1. The summed E-state index contributed by atoms with van der Waals surface area (Å²) in [5.41, 5.74) is 2.11. The summed E-state index contributed by atoms with van der Waals surface area (Å²) in [7, 11) is 0. The summed E-state index contributed by atoms with van der Waals surface area (Å²) in [4.78, 5) is 16.9. The average Bonchev–Trinajstić information content (AvgIpc) is 2.58. The van der Waals surface area contributed by atoms with Gasteiger partial charge in [0.25, 0.3) is 5.91 Å². The van der Waals surface area contributed by atoms with Crippen molar-refractivity contribution in [2.45, 2.75) is 19.5 Å². The number of hydrogen-bond donors (Lipinski definition) is 0. The van der Waals surface area contributed by atoms with Crippen LogP contribution in [0, 0.1) is 0 Å². The second kappa shape index (κ2) is 6.75. The predicted octanol–water partition coefficient (Wildman–Crippen LogP) is 3.03. The van der Waals surface area contributed by atoms with Crippen molar-refractivity contribution in [2.75, 3.05) is 19.6 Å². The van der Waals surface area contributed by atoms with Gasteiger partial charge in [0, 0.05) is 37.8 Å². The third-order valence-electron chi connectivity index (χ3n) is 4.30. The van der Waals surface area contributed by atoms with Gasteiger partial charge in [-0.15, -0.1) is 0 Å². The number of rotatable bonds is 3. The Morgan fingerprint density at radius 1 is 1.00 bits per heavy atom. The number of nitrogens with zero attached hydrogens (tertiary/aromatic N) is 2. The van der Waals surface area contributed by atoms with E-state index in [1.54, 1.807) is 0 Å². The van der Waals surface area contributed by atoms with E-state index in [1.165, 1.54) is 5.56 Å². The maximum absolute atomic E-state index is 12.5. The van der Waals surface area contributed by atoms with E-state index >= 15 is 0 Å². The molecule has 0 saturated carbocycles. The predicted molar refractivity (Wildman–Crippen MR) is 88.7 cm³/mol. The van der Waals surface area contributed by atoms with Crippen LogP contribution in [0.2, 0.25) is 0 Å². The molecule has 2 aromatic carbocycles. The lowest BCUT2D eigenvalue weighted by atomic mass is 10.1. The topological polar surface area (TPSA) is 23.6 Å². The zero-order valence-corrected chi connectivity index (χ0v) is 13.0. The van der Waals surface area contributed by atoms with E-state index in [1.807, 2.05) is 41.3 Å². The van der Waals surface area contributed by atoms with Crippen LogP contribution >= 0.6 is 0 Å². The van der Waals surface area contributed by atoms with Gasteiger partial charge in [0.05, 0.1) is 0 Å².